The van der Waals surface area contributed by atoms with Crippen LogP contribution in [0.2, 0.25) is 0 Å². The largest absolute Gasteiger partial charge is 0.475 e. The molecule has 1 saturated heterocycles. The second-order valence-corrected chi connectivity index (χ2v) is 11.5. The van der Waals surface area contributed by atoms with E-state index in [0.29, 0.717) is 22.3 Å². The smallest absolute Gasteiger partial charge is 0.465 e. The summed E-state index contributed by atoms with van der Waals surface area (Å²) in [5.74, 6) is -1.05. The molecule has 1 aliphatic heterocycles. The maximum absolute atomic E-state index is 13.8. The standard InChI is InChI=1S/C28H30N5O11P/c1-17-13-33(28(37)30-25(17)34)24-12-22(31-32-29)23(44-24)16-43-45(38,41-14-18-4-8-20(9-5-18)26(35)39-2)42-15-19-6-10-21(11-7-19)27(36)40-3/h4-11,13,22-24H,12,14-16H2,1-3H3,(H,30,34,37)/t22-,23+,24+/m0/s1. The zero-order chi connectivity index (χ0) is 32.6. The number of H-pyrrole nitrogens is 1. The van der Waals surface area contributed by atoms with E-state index in [1.807, 2.05) is 0 Å². The van der Waals surface area contributed by atoms with E-state index in [0.717, 1.165) is 0 Å². The summed E-state index contributed by atoms with van der Waals surface area (Å²) in [4.78, 5) is 52.7. The number of nitrogens with zero attached hydrogens (tertiary/aromatic N) is 4. The maximum atomic E-state index is 13.8. The Balaban J connectivity index is 1.51. The van der Waals surface area contributed by atoms with E-state index in [4.69, 9.17) is 33.3 Å². The number of benzene rings is 2. The van der Waals surface area contributed by atoms with Crippen LogP contribution in [0.4, 0.5) is 0 Å². The number of phosphoric ester groups is 1. The van der Waals surface area contributed by atoms with Crippen molar-refractivity contribution in [3.63, 3.8) is 0 Å². The van der Waals surface area contributed by atoms with Crippen molar-refractivity contribution in [2.24, 2.45) is 5.11 Å². The summed E-state index contributed by atoms with van der Waals surface area (Å²) in [6.45, 7) is 0.628. The fraction of sp³-hybridized carbons (Fsp3) is 0.357. The monoisotopic (exact) mass is 643 g/mol. The number of hydrogen-bond donors (Lipinski definition) is 1. The van der Waals surface area contributed by atoms with Gasteiger partial charge in [0.15, 0.2) is 0 Å². The predicted molar refractivity (Wildman–Crippen MR) is 156 cm³/mol. The van der Waals surface area contributed by atoms with E-state index >= 15 is 0 Å². The van der Waals surface area contributed by atoms with Crippen LogP contribution >= 0.6 is 7.82 Å². The van der Waals surface area contributed by atoms with Crippen LogP contribution in [0.3, 0.4) is 0 Å². The molecule has 0 radical (unpaired) electrons. The molecule has 3 atom stereocenters. The first-order chi connectivity index (χ1) is 21.6. The Morgan fingerprint density at radius 1 is 0.978 bits per heavy atom. The van der Waals surface area contributed by atoms with Gasteiger partial charge in [-0.1, -0.05) is 29.4 Å². The highest BCUT2D eigenvalue weighted by Gasteiger charge is 2.39. The van der Waals surface area contributed by atoms with Crippen LogP contribution in [0, 0.1) is 6.92 Å². The number of carbonyl (C=O) groups excluding carboxylic acids is 2. The van der Waals surface area contributed by atoms with Gasteiger partial charge in [0, 0.05) is 23.1 Å². The van der Waals surface area contributed by atoms with E-state index in [1.54, 1.807) is 24.3 Å². The van der Waals surface area contributed by atoms with Crippen LogP contribution in [-0.4, -0.2) is 54.5 Å². The van der Waals surface area contributed by atoms with Crippen molar-refractivity contribution in [2.75, 3.05) is 20.8 Å². The van der Waals surface area contributed by atoms with Crippen LogP contribution in [0.25, 0.3) is 10.4 Å². The number of hydrogen-bond acceptors (Lipinski definition) is 12. The van der Waals surface area contributed by atoms with Gasteiger partial charge in [-0.05, 0) is 47.8 Å². The molecule has 0 unspecified atom stereocenters. The molecule has 16 nitrogen and oxygen atoms in total. The molecule has 1 fully saturated rings. The molecule has 0 saturated carbocycles. The van der Waals surface area contributed by atoms with Crippen molar-refractivity contribution >= 4 is 19.8 Å². The van der Waals surface area contributed by atoms with Gasteiger partial charge in [0.25, 0.3) is 5.56 Å². The molecule has 17 heteroatoms. The number of carbonyl (C=O) groups is 2. The van der Waals surface area contributed by atoms with E-state index in [-0.39, 0.29) is 25.2 Å². The van der Waals surface area contributed by atoms with Gasteiger partial charge in [0.05, 0.1) is 57.3 Å². The lowest BCUT2D eigenvalue weighted by Gasteiger charge is -2.22. The molecule has 4 rings (SSSR count). The average molecular weight is 644 g/mol. The van der Waals surface area contributed by atoms with Gasteiger partial charge < -0.3 is 14.2 Å². The third-order valence-corrected chi connectivity index (χ3v) is 8.14. The molecule has 2 heterocycles. The van der Waals surface area contributed by atoms with Crippen molar-refractivity contribution in [1.82, 2.24) is 9.55 Å². The lowest BCUT2D eigenvalue weighted by Crippen LogP contribution is -2.33. The van der Waals surface area contributed by atoms with Gasteiger partial charge in [0.1, 0.15) is 6.23 Å². The Labute approximate surface area is 256 Å². The van der Waals surface area contributed by atoms with Crippen LogP contribution in [-0.2, 0) is 45.6 Å². The number of aromatic amines is 1. The first-order valence-electron chi connectivity index (χ1n) is 13.5. The topological polar surface area (TPSA) is 210 Å². The predicted octanol–water partition coefficient (Wildman–Crippen LogP) is 3.94. The number of methoxy groups -OCH3 is 2. The molecule has 3 aromatic rings. The molecule has 0 spiro atoms. The lowest BCUT2D eigenvalue weighted by molar-refractivity contribution is -0.0311. The van der Waals surface area contributed by atoms with Crippen molar-refractivity contribution in [2.45, 2.75) is 44.9 Å². The lowest BCUT2D eigenvalue weighted by atomic mass is 10.1. The molecule has 45 heavy (non-hydrogen) atoms. The number of nitrogens with one attached hydrogen (secondary N) is 1. The Hall–Kier alpha value is -4.56. The number of esters is 2. The molecule has 1 aliphatic rings. The van der Waals surface area contributed by atoms with Gasteiger partial charge in [0.2, 0.25) is 0 Å². The SMILES string of the molecule is COC(=O)c1ccc(COP(=O)(OCc2ccc(C(=O)OC)cc2)OC[C@H]2O[C@@H](n3cc(C)c(=O)[nH]c3=O)C[C@@H]2N=[N+]=[N-])cc1. The van der Waals surface area contributed by atoms with E-state index in [1.165, 1.54) is 56.2 Å². The quantitative estimate of drug-likeness (QED) is 0.0926. The summed E-state index contributed by atoms with van der Waals surface area (Å²) in [6, 6.07) is 11.5. The van der Waals surface area contributed by atoms with Gasteiger partial charge in [-0.2, -0.15) is 0 Å². The summed E-state index contributed by atoms with van der Waals surface area (Å²) < 4.78 is 47.2. The Bertz CT molecular complexity index is 1670. The van der Waals surface area contributed by atoms with Crippen molar-refractivity contribution in [3.8, 4) is 0 Å². The van der Waals surface area contributed by atoms with Crippen LogP contribution in [0.1, 0.15) is 50.1 Å². The van der Waals surface area contributed by atoms with Crippen molar-refractivity contribution in [3.05, 3.63) is 114 Å². The summed E-state index contributed by atoms with van der Waals surface area (Å²) in [6.07, 6.45) is -0.491. The van der Waals surface area contributed by atoms with E-state index in [2.05, 4.69) is 15.0 Å². The summed E-state index contributed by atoms with van der Waals surface area (Å²) in [7, 11) is -1.83. The molecule has 0 aliphatic carbocycles. The Kier molecular flexibility index (Phi) is 11.1. The van der Waals surface area contributed by atoms with Gasteiger partial charge in [-0.15, -0.1) is 0 Å². The molecule has 1 aromatic heterocycles. The van der Waals surface area contributed by atoms with Crippen LogP contribution < -0.4 is 11.2 Å². The fourth-order valence-electron chi connectivity index (χ4n) is 4.32. The van der Waals surface area contributed by atoms with Crippen LogP contribution in [0.5, 0.6) is 0 Å². The highest BCUT2D eigenvalue weighted by molar-refractivity contribution is 7.48. The van der Waals surface area contributed by atoms with Gasteiger partial charge in [-0.25, -0.2) is 18.9 Å². The number of rotatable bonds is 13. The normalized spacial score (nSPS) is 17.8. The Morgan fingerprint density at radius 3 is 2.00 bits per heavy atom. The van der Waals surface area contributed by atoms with Crippen LogP contribution in [0.15, 0.2) is 69.4 Å². The molecule has 0 amide bonds. The number of aromatic nitrogens is 2. The molecule has 1 N–H and O–H groups in total. The minimum atomic E-state index is -4.35. The third-order valence-electron chi connectivity index (χ3n) is 6.79. The second-order valence-electron chi connectivity index (χ2n) is 9.78. The Morgan fingerprint density at radius 2 is 1.51 bits per heavy atom. The molecule has 0 bridgehead atoms. The number of ether oxygens (including phenoxy) is 3. The third kappa shape index (κ3) is 8.54. The number of azide groups is 1. The first kappa shape index (κ1) is 33.3. The second kappa shape index (κ2) is 14.9. The molecule has 2 aromatic carbocycles. The highest BCUT2D eigenvalue weighted by Crippen LogP contribution is 2.51. The zero-order valence-corrected chi connectivity index (χ0v) is 25.4. The number of aryl methyl sites for hydroxylation is 1. The molecular weight excluding hydrogens is 613 g/mol. The molecule has 238 valence electrons. The van der Waals surface area contributed by atoms with Crippen molar-refractivity contribution < 1.29 is 41.9 Å². The average Bonchev–Trinajstić information content (AvgIpc) is 3.45. The summed E-state index contributed by atoms with van der Waals surface area (Å²) >= 11 is 0. The van der Waals surface area contributed by atoms with Gasteiger partial charge in [-0.3, -0.25) is 27.9 Å². The zero-order valence-electron chi connectivity index (χ0n) is 24.5. The summed E-state index contributed by atoms with van der Waals surface area (Å²) in [5, 5.41) is 3.74. The highest BCUT2D eigenvalue weighted by atomic mass is 31.2. The fourth-order valence-corrected chi connectivity index (χ4v) is 5.48. The van der Waals surface area contributed by atoms with Gasteiger partial charge >= 0.3 is 25.5 Å². The number of phosphoric acid groups is 1. The minimum absolute atomic E-state index is 0.0641. The van der Waals surface area contributed by atoms with E-state index in [9.17, 15) is 23.7 Å². The van der Waals surface area contributed by atoms with E-state index < -0.39 is 56.0 Å². The first-order valence-corrected chi connectivity index (χ1v) is 14.9. The maximum Gasteiger partial charge on any atom is 0.475 e. The summed E-state index contributed by atoms with van der Waals surface area (Å²) in [5.41, 5.74) is 9.80. The van der Waals surface area contributed by atoms with Crippen molar-refractivity contribution in [1.29, 1.82) is 0 Å². The minimum Gasteiger partial charge on any atom is -0.465 e. The molecular formula is C28H30N5O11P.